The van der Waals surface area contributed by atoms with Crippen LogP contribution in [-0.4, -0.2) is 28.6 Å². The standard InChI is InChI=1S/C15H21N5O/c1-4-7-17-14-13(21-3)15(19-10-18-14)20-11(2)12-6-5-8-16-9-12/h5-6,8-11H,4,7H2,1-3H3,(H2,17,18,19,20). The summed E-state index contributed by atoms with van der Waals surface area (Å²) in [5.74, 6) is 2.00. The van der Waals surface area contributed by atoms with Gasteiger partial charge < -0.3 is 15.4 Å². The van der Waals surface area contributed by atoms with E-state index in [0.29, 0.717) is 17.4 Å². The zero-order valence-electron chi connectivity index (χ0n) is 12.6. The SMILES string of the molecule is CCCNc1ncnc(NC(C)c2cccnc2)c1OC. The number of hydrogen-bond acceptors (Lipinski definition) is 6. The normalized spacial score (nSPS) is 11.8. The molecule has 2 rings (SSSR count). The van der Waals surface area contributed by atoms with Gasteiger partial charge in [-0.25, -0.2) is 9.97 Å². The molecule has 2 aromatic heterocycles. The topological polar surface area (TPSA) is 72.0 Å². The fraction of sp³-hybridized carbons (Fsp3) is 0.400. The largest absolute Gasteiger partial charge is 0.490 e. The van der Waals surface area contributed by atoms with Gasteiger partial charge in [0.15, 0.2) is 11.6 Å². The van der Waals surface area contributed by atoms with Crippen molar-refractivity contribution >= 4 is 11.6 Å². The van der Waals surface area contributed by atoms with Crippen LogP contribution in [-0.2, 0) is 0 Å². The molecule has 0 aromatic carbocycles. The Bertz CT molecular complexity index is 561. The van der Waals surface area contributed by atoms with E-state index in [1.165, 1.54) is 6.33 Å². The van der Waals surface area contributed by atoms with Gasteiger partial charge in [0.05, 0.1) is 13.2 Å². The minimum absolute atomic E-state index is 0.0709. The summed E-state index contributed by atoms with van der Waals surface area (Å²) in [6.07, 6.45) is 6.14. The van der Waals surface area contributed by atoms with Crippen molar-refractivity contribution in [3.05, 3.63) is 36.4 Å². The van der Waals surface area contributed by atoms with E-state index in [1.54, 1.807) is 13.3 Å². The number of nitrogens with one attached hydrogen (secondary N) is 2. The molecule has 6 heteroatoms. The molecule has 2 aromatic rings. The van der Waals surface area contributed by atoms with Gasteiger partial charge in [0, 0.05) is 18.9 Å². The molecule has 0 saturated carbocycles. The molecule has 0 fully saturated rings. The molecule has 1 atom stereocenters. The van der Waals surface area contributed by atoms with E-state index in [9.17, 15) is 0 Å². The molecule has 21 heavy (non-hydrogen) atoms. The lowest BCUT2D eigenvalue weighted by atomic mass is 10.1. The van der Waals surface area contributed by atoms with Crippen LogP contribution < -0.4 is 15.4 Å². The fourth-order valence-corrected chi connectivity index (χ4v) is 1.96. The highest BCUT2D eigenvalue weighted by atomic mass is 16.5. The van der Waals surface area contributed by atoms with Crippen molar-refractivity contribution in [3.63, 3.8) is 0 Å². The number of aromatic nitrogens is 3. The van der Waals surface area contributed by atoms with Crippen LogP contribution in [0.2, 0.25) is 0 Å². The molecule has 112 valence electrons. The molecule has 1 unspecified atom stereocenters. The van der Waals surface area contributed by atoms with Gasteiger partial charge in [-0.2, -0.15) is 0 Å². The summed E-state index contributed by atoms with van der Waals surface area (Å²) in [5, 5.41) is 6.58. The molecule has 0 amide bonds. The zero-order valence-corrected chi connectivity index (χ0v) is 12.6. The lowest BCUT2D eigenvalue weighted by Crippen LogP contribution is -2.12. The molecule has 0 aliphatic carbocycles. The van der Waals surface area contributed by atoms with Gasteiger partial charge in [0.2, 0.25) is 5.75 Å². The van der Waals surface area contributed by atoms with Gasteiger partial charge in [0.1, 0.15) is 6.33 Å². The molecule has 0 radical (unpaired) electrons. The Labute approximate surface area is 125 Å². The molecule has 0 bridgehead atoms. The molecule has 0 aliphatic rings. The van der Waals surface area contributed by atoms with Crippen molar-refractivity contribution in [1.29, 1.82) is 0 Å². The van der Waals surface area contributed by atoms with E-state index in [1.807, 2.05) is 18.3 Å². The average molecular weight is 287 g/mol. The van der Waals surface area contributed by atoms with Gasteiger partial charge >= 0.3 is 0 Å². The van der Waals surface area contributed by atoms with Crippen LogP contribution in [0.3, 0.4) is 0 Å². The van der Waals surface area contributed by atoms with E-state index >= 15 is 0 Å². The summed E-state index contributed by atoms with van der Waals surface area (Å²) in [4.78, 5) is 12.6. The molecule has 0 spiro atoms. The van der Waals surface area contributed by atoms with Crippen LogP contribution >= 0.6 is 0 Å². The van der Waals surface area contributed by atoms with Gasteiger partial charge in [0.25, 0.3) is 0 Å². The molecule has 2 heterocycles. The maximum Gasteiger partial charge on any atom is 0.204 e. The Kier molecular flexibility index (Phi) is 5.31. The molecule has 0 saturated heterocycles. The van der Waals surface area contributed by atoms with Crippen molar-refractivity contribution < 1.29 is 4.74 Å². The summed E-state index contributed by atoms with van der Waals surface area (Å²) >= 11 is 0. The number of methoxy groups -OCH3 is 1. The van der Waals surface area contributed by atoms with Crippen LogP contribution in [0.4, 0.5) is 11.6 Å². The highest BCUT2D eigenvalue weighted by molar-refractivity contribution is 5.64. The van der Waals surface area contributed by atoms with E-state index < -0.39 is 0 Å². The van der Waals surface area contributed by atoms with E-state index in [-0.39, 0.29) is 6.04 Å². The molecular weight excluding hydrogens is 266 g/mol. The molecule has 6 nitrogen and oxygen atoms in total. The number of hydrogen-bond donors (Lipinski definition) is 2. The van der Waals surface area contributed by atoms with Crippen molar-refractivity contribution in [1.82, 2.24) is 15.0 Å². The fourth-order valence-electron chi connectivity index (χ4n) is 1.96. The molecule has 2 N–H and O–H groups in total. The smallest absolute Gasteiger partial charge is 0.204 e. The lowest BCUT2D eigenvalue weighted by molar-refractivity contribution is 0.414. The van der Waals surface area contributed by atoms with Crippen LogP contribution in [0, 0.1) is 0 Å². The second kappa shape index (κ2) is 7.42. The highest BCUT2D eigenvalue weighted by Gasteiger charge is 2.14. The van der Waals surface area contributed by atoms with E-state index in [0.717, 1.165) is 18.5 Å². The van der Waals surface area contributed by atoms with Crippen LogP contribution in [0.5, 0.6) is 5.75 Å². The first-order chi connectivity index (χ1) is 10.3. The summed E-state index contributed by atoms with van der Waals surface area (Å²) < 4.78 is 5.44. The maximum atomic E-state index is 5.44. The lowest BCUT2D eigenvalue weighted by Gasteiger charge is -2.18. The van der Waals surface area contributed by atoms with Crippen molar-refractivity contribution in [2.75, 3.05) is 24.3 Å². The minimum atomic E-state index is 0.0709. The van der Waals surface area contributed by atoms with Crippen molar-refractivity contribution in [2.24, 2.45) is 0 Å². The summed E-state index contributed by atoms with van der Waals surface area (Å²) in [6.45, 7) is 4.99. The number of ether oxygens (including phenoxy) is 1. The Hall–Kier alpha value is -2.37. The Morgan fingerprint density at radius 1 is 1.29 bits per heavy atom. The third-order valence-electron chi connectivity index (χ3n) is 3.09. The maximum absolute atomic E-state index is 5.44. The number of pyridine rings is 1. The summed E-state index contributed by atoms with van der Waals surface area (Å²) in [6, 6.07) is 4.01. The first-order valence-corrected chi connectivity index (χ1v) is 7.05. The van der Waals surface area contributed by atoms with Crippen LogP contribution in [0.15, 0.2) is 30.9 Å². The predicted octanol–water partition coefficient (Wildman–Crippen LogP) is 2.88. The first-order valence-electron chi connectivity index (χ1n) is 7.05. The highest BCUT2D eigenvalue weighted by Crippen LogP contribution is 2.31. The van der Waals surface area contributed by atoms with Gasteiger partial charge in [-0.1, -0.05) is 13.0 Å². The number of anilines is 2. The van der Waals surface area contributed by atoms with Gasteiger partial charge in [-0.3, -0.25) is 4.98 Å². The molecule has 0 aliphatic heterocycles. The summed E-state index contributed by atoms with van der Waals surface area (Å²) in [7, 11) is 1.62. The quantitative estimate of drug-likeness (QED) is 0.816. The number of rotatable bonds is 7. The zero-order chi connectivity index (χ0) is 15.1. The second-order valence-electron chi connectivity index (χ2n) is 4.68. The van der Waals surface area contributed by atoms with Crippen molar-refractivity contribution in [2.45, 2.75) is 26.3 Å². The predicted molar refractivity (Wildman–Crippen MR) is 83.6 cm³/mol. The third-order valence-corrected chi connectivity index (χ3v) is 3.09. The minimum Gasteiger partial charge on any atom is -0.490 e. The first kappa shape index (κ1) is 15.0. The van der Waals surface area contributed by atoms with Crippen LogP contribution in [0.1, 0.15) is 31.9 Å². The average Bonchev–Trinajstić information content (AvgIpc) is 2.53. The third kappa shape index (κ3) is 3.81. The summed E-state index contributed by atoms with van der Waals surface area (Å²) in [5.41, 5.74) is 1.08. The number of nitrogens with zero attached hydrogens (tertiary/aromatic N) is 3. The van der Waals surface area contributed by atoms with Crippen molar-refractivity contribution in [3.8, 4) is 5.75 Å². The van der Waals surface area contributed by atoms with Gasteiger partial charge in [-0.05, 0) is 25.0 Å². The Balaban J connectivity index is 2.19. The Morgan fingerprint density at radius 3 is 2.76 bits per heavy atom. The van der Waals surface area contributed by atoms with Gasteiger partial charge in [-0.15, -0.1) is 0 Å². The molecular formula is C15H21N5O. The second-order valence-corrected chi connectivity index (χ2v) is 4.68. The Morgan fingerprint density at radius 2 is 2.10 bits per heavy atom. The van der Waals surface area contributed by atoms with Crippen LogP contribution in [0.25, 0.3) is 0 Å². The monoisotopic (exact) mass is 287 g/mol. The van der Waals surface area contributed by atoms with E-state index in [4.69, 9.17) is 4.74 Å². The van der Waals surface area contributed by atoms with E-state index in [2.05, 4.69) is 39.4 Å².